The Balaban J connectivity index is 1.70. The maximum Gasteiger partial charge on any atom is 0.331 e. The molecular formula is C44H63N5O11. The predicted molar refractivity (Wildman–Crippen MR) is 224 cm³/mol. The van der Waals surface area contributed by atoms with Gasteiger partial charge in [-0.15, -0.1) is 0 Å². The highest BCUT2D eigenvalue weighted by molar-refractivity contribution is 6.00. The fraction of sp³-hybridized carbons (Fsp3) is 0.659. The molecule has 1 aromatic heterocycles. The van der Waals surface area contributed by atoms with Crippen molar-refractivity contribution in [1.29, 1.82) is 0 Å². The molecular weight excluding hydrogens is 775 g/mol. The average Bonchev–Trinajstić information content (AvgIpc) is 3.21. The van der Waals surface area contributed by atoms with Crippen LogP contribution < -0.4 is 0 Å². The zero-order valence-electron chi connectivity index (χ0n) is 36.7. The second kappa shape index (κ2) is 19.8. The summed E-state index contributed by atoms with van der Waals surface area (Å²) in [6, 6.07) is 9.31. The van der Waals surface area contributed by atoms with Gasteiger partial charge in [0.2, 0.25) is 0 Å². The van der Waals surface area contributed by atoms with Gasteiger partial charge in [0.25, 0.3) is 0 Å². The van der Waals surface area contributed by atoms with Crippen molar-refractivity contribution in [2.45, 2.75) is 136 Å². The minimum absolute atomic E-state index is 0.111. The highest BCUT2D eigenvalue weighted by Gasteiger charge is 2.53. The van der Waals surface area contributed by atoms with Crippen LogP contribution in [-0.2, 0) is 42.9 Å². The summed E-state index contributed by atoms with van der Waals surface area (Å²) in [6.45, 7) is 14.5. The molecule has 16 nitrogen and oxygen atoms in total. The molecule has 13 atom stereocenters. The molecule has 3 saturated heterocycles. The number of likely N-dealkylation sites (N-methyl/N-ethyl adjacent to an activating group) is 1. The van der Waals surface area contributed by atoms with E-state index in [1.165, 1.54) is 20.8 Å². The number of Topliss-reactive ketones (excluding diaryl/α,β-unsaturated/α-hetero) is 1. The van der Waals surface area contributed by atoms with Crippen LogP contribution in [0.4, 0.5) is 0 Å². The molecule has 1 aromatic carbocycles. The molecule has 0 radical (unpaired) electrons. The van der Waals surface area contributed by atoms with E-state index in [1.54, 1.807) is 40.1 Å². The van der Waals surface area contributed by atoms with Crippen molar-refractivity contribution in [2.75, 3.05) is 27.3 Å². The molecule has 2 bridgehead atoms. The highest BCUT2D eigenvalue weighted by atomic mass is 16.7. The number of aliphatic hydroxyl groups excluding tert-OH is 1. The number of pyridine rings is 1. The van der Waals surface area contributed by atoms with E-state index >= 15 is 0 Å². The zero-order chi connectivity index (χ0) is 44.1. The van der Waals surface area contributed by atoms with E-state index in [0.717, 1.165) is 10.9 Å². The van der Waals surface area contributed by atoms with Gasteiger partial charge in [0.1, 0.15) is 23.7 Å². The first-order valence-electron chi connectivity index (χ1n) is 20.8. The monoisotopic (exact) mass is 837 g/mol. The molecule has 2 aromatic rings. The highest BCUT2D eigenvalue weighted by Crippen LogP contribution is 2.40. The second-order valence-corrected chi connectivity index (χ2v) is 17.3. The fourth-order valence-electron chi connectivity index (χ4n) is 8.84. The van der Waals surface area contributed by atoms with E-state index in [-0.39, 0.29) is 38.2 Å². The lowest BCUT2D eigenvalue weighted by atomic mass is 9.74. The van der Waals surface area contributed by atoms with Crippen molar-refractivity contribution in [1.82, 2.24) is 9.88 Å². The number of rotatable bonds is 7. The number of nitrogens with zero attached hydrogens (tertiary/aromatic N) is 5. The number of ether oxygens (including phenoxy) is 5. The Morgan fingerprint density at radius 1 is 1.08 bits per heavy atom. The Hall–Kier alpha value is -4.03. The molecule has 60 heavy (non-hydrogen) atoms. The summed E-state index contributed by atoms with van der Waals surface area (Å²) < 4.78 is 32.5. The first kappa shape index (κ1) is 47.0. The number of para-hydroxylation sites is 1. The van der Waals surface area contributed by atoms with Gasteiger partial charge in [-0.2, -0.15) is 10.2 Å². The molecule has 5 rings (SSSR count). The van der Waals surface area contributed by atoms with E-state index in [0.29, 0.717) is 23.4 Å². The van der Waals surface area contributed by atoms with Crippen molar-refractivity contribution in [2.24, 2.45) is 39.0 Å². The van der Waals surface area contributed by atoms with Crippen LogP contribution in [0.5, 0.6) is 0 Å². The lowest BCUT2D eigenvalue weighted by Crippen LogP contribution is -2.60. The quantitative estimate of drug-likeness (QED) is 0.130. The SMILES string of the molecule is CC[C@H]1OC(=O)[C@H](C)C(=O)[C@H](C)[C@@H](O[C@@H]2O[C@H](C)C[C@H](N(C)C)[C@H]2O)[C@@]2(C)C[C@@H](C)/C(=N\OC(C)=O)[C@H](C)[C@H](OC/C(=N/N=C/c3cnc4ccccc4c3)CO2)[C@]1(C)O. The third-order valence-corrected chi connectivity index (χ3v) is 12.1. The Kier molecular flexibility index (Phi) is 15.5. The number of carbonyl (C=O) groups excluding carboxylic acids is 3. The smallest absolute Gasteiger partial charge is 0.331 e. The molecule has 0 unspecified atom stereocenters. The lowest BCUT2D eigenvalue weighted by molar-refractivity contribution is -0.296. The van der Waals surface area contributed by atoms with Crippen LogP contribution in [0.1, 0.15) is 87.1 Å². The van der Waals surface area contributed by atoms with Crippen molar-refractivity contribution in [3.8, 4) is 0 Å². The molecule has 16 heteroatoms. The third kappa shape index (κ3) is 10.7. The summed E-state index contributed by atoms with van der Waals surface area (Å²) in [5, 5.41) is 38.3. The number of hydrogen-bond donors (Lipinski definition) is 2. The molecule has 0 aliphatic carbocycles. The number of cyclic esters (lactones) is 1. The third-order valence-electron chi connectivity index (χ3n) is 12.1. The van der Waals surface area contributed by atoms with Crippen LogP contribution in [0.15, 0.2) is 51.9 Å². The Morgan fingerprint density at radius 2 is 1.80 bits per heavy atom. The van der Waals surface area contributed by atoms with Crippen LogP contribution in [0, 0.1) is 23.7 Å². The van der Waals surface area contributed by atoms with Crippen LogP contribution in [0.3, 0.4) is 0 Å². The standard InChI is InChI=1S/C44H63N5O11/c1-12-35-44(9,54)40-26(4)36(48-60-29(7)50)24(2)19-43(8,56-23-32(22-55-40)47-46-21-30-18-31-15-13-14-16-33(31)45-20-30)39(27(5)37(51)28(6)41(53)58-35)59-42-38(52)34(49(10)11)17-25(3)57-42/h13-16,18,20-21,24-28,34-35,38-40,42,52,54H,12,17,19,22-23H2,1-11H3/b46-21+,47-32-,48-36+/t24-,25-,26+,27+,28-,34+,35-,38-,39-,40+,42+,43-,44-/m1/s1. The minimum atomic E-state index is -1.87. The van der Waals surface area contributed by atoms with Crippen molar-refractivity contribution >= 4 is 46.3 Å². The largest absolute Gasteiger partial charge is 0.459 e. The van der Waals surface area contributed by atoms with Gasteiger partial charge >= 0.3 is 11.9 Å². The van der Waals surface area contributed by atoms with Crippen molar-refractivity contribution in [3.63, 3.8) is 0 Å². The number of oxime groups is 1. The van der Waals surface area contributed by atoms with E-state index in [4.69, 9.17) is 28.5 Å². The number of ketones is 1. The van der Waals surface area contributed by atoms with E-state index < -0.39 is 83.3 Å². The minimum Gasteiger partial charge on any atom is -0.459 e. The fourth-order valence-corrected chi connectivity index (χ4v) is 8.84. The van der Waals surface area contributed by atoms with Gasteiger partial charge in [-0.05, 0) is 73.2 Å². The summed E-state index contributed by atoms with van der Waals surface area (Å²) in [5.74, 6) is -5.65. The van der Waals surface area contributed by atoms with Gasteiger partial charge in [-0.1, -0.05) is 51.0 Å². The van der Waals surface area contributed by atoms with Gasteiger partial charge in [-0.3, -0.25) is 14.6 Å². The lowest BCUT2D eigenvalue weighted by Gasteiger charge is -2.47. The van der Waals surface area contributed by atoms with Crippen molar-refractivity contribution < 1.29 is 53.1 Å². The molecule has 0 saturated carbocycles. The van der Waals surface area contributed by atoms with Crippen LogP contribution in [-0.4, -0.2) is 137 Å². The van der Waals surface area contributed by atoms with Crippen LogP contribution in [0.2, 0.25) is 0 Å². The first-order chi connectivity index (χ1) is 28.3. The maximum atomic E-state index is 14.5. The Bertz CT molecular complexity index is 1940. The molecule has 0 spiro atoms. The molecule has 2 N–H and O–H groups in total. The number of benzene rings is 1. The van der Waals surface area contributed by atoms with Gasteiger partial charge in [0.05, 0.1) is 60.3 Å². The molecule has 4 heterocycles. The number of hydrogen-bond acceptors (Lipinski definition) is 16. The summed E-state index contributed by atoms with van der Waals surface area (Å²) in [5.41, 5.74) is -1.10. The summed E-state index contributed by atoms with van der Waals surface area (Å²) in [6.07, 6.45) is -2.00. The molecule has 3 aliphatic rings. The second-order valence-electron chi connectivity index (χ2n) is 17.3. The molecule has 3 aliphatic heterocycles. The van der Waals surface area contributed by atoms with Gasteiger partial charge in [-0.25, -0.2) is 4.79 Å². The van der Waals surface area contributed by atoms with E-state index in [2.05, 4.69) is 20.3 Å². The van der Waals surface area contributed by atoms with Gasteiger partial charge in [0.15, 0.2) is 12.1 Å². The van der Waals surface area contributed by atoms with Crippen molar-refractivity contribution in [3.05, 3.63) is 42.1 Å². The van der Waals surface area contributed by atoms with Gasteiger partial charge < -0.3 is 43.6 Å². The summed E-state index contributed by atoms with van der Waals surface area (Å²) >= 11 is 0. The predicted octanol–water partition coefficient (Wildman–Crippen LogP) is 4.50. The number of aliphatic hydroxyl groups is 2. The molecule has 3 fully saturated rings. The number of carbonyl (C=O) groups is 3. The molecule has 330 valence electrons. The Labute approximate surface area is 352 Å². The number of esters is 1. The molecule has 0 amide bonds. The van der Waals surface area contributed by atoms with Crippen LogP contribution >= 0.6 is 0 Å². The number of aromatic nitrogens is 1. The first-order valence-corrected chi connectivity index (χ1v) is 20.8. The number of fused-ring (bicyclic) bond motifs is 6. The normalized spacial score (nSPS) is 37.8. The zero-order valence-corrected chi connectivity index (χ0v) is 36.7. The van der Waals surface area contributed by atoms with Gasteiger partial charge in [0, 0.05) is 47.9 Å². The maximum absolute atomic E-state index is 14.5. The summed E-state index contributed by atoms with van der Waals surface area (Å²) in [4.78, 5) is 52.3. The average molecular weight is 838 g/mol. The van der Waals surface area contributed by atoms with Crippen LogP contribution in [0.25, 0.3) is 10.9 Å². The van der Waals surface area contributed by atoms with E-state index in [9.17, 15) is 24.6 Å². The topological polar surface area (TPSA) is 200 Å². The summed E-state index contributed by atoms with van der Waals surface area (Å²) in [7, 11) is 3.73. The Morgan fingerprint density at radius 3 is 2.48 bits per heavy atom. The van der Waals surface area contributed by atoms with E-state index in [1.807, 2.05) is 63.2 Å².